The highest BCUT2D eigenvalue weighted by Crippen LogP contribution is 2.27. The van der Waals surface area contributed by atoms with Gasteiger partial charge in [-0.1, -0.05) is 41.4 Å². The van der Waals surface area contributed by atoms with Crippen LogP contribution in [0.1, 0.15) is 17.2 Å². The van der Waals surface area contributed by atoms with Crippen LogP contribution >= 0.6 is 11.6 Å². The van der Waals surface area contributed by atoms with Gasteiger partial charge in [0.1, 0.15) is 6.04 Å². The Hall–Kier alpha value is -2.63. The average molecular weight is 342 g/mol. The van der Waals surface area contributed by atoms with Crippen molar-refractivity contribution in [1.29, 1.82) is 0 Å². The minimum atomic E-state index is -0.809. The fourth-order valence-corrected chi connectivity index (χ4v) is 2.65. The Balaban J connectivity index is 1.88. The largest absolute Gasteiger partial charge is 0.329 e. The lowest BCUT2D eigenvalue weighted by molar-refractivity contribution is -0.117. The maximum atomic E-state index is 12.4. The number of aromatic amines is 1. The summed E-state index contributed by atoms with van der Waals surface area (Å²) in [5, 5.41) is 4.15. The highest BCUT2D eigenvalue weighted by Gasteiger charge is 2.17. The lowest BCUT2D eigenvalue weighted by Gasteiger charge is -2.14. The number of aromatic nitrogens is 1. The first-order chi connectivity index (χ1) is 11.5. The van der Waals surface area contributed by atoms with Crippen molar-refractivity contribution in [2.75, 3.05) is 5.32 Å². The van der Waals surface area contributed by atoms with Crippen molar-refractivity contribution in [2.24, 2.45) is 5.73 Å². The molecule has 1 atom stereocenters. The third kappa shape index (κ3) is 3.18. The SMILES string of the molecule is Cc1ccc(C(N)C(=O)Nc2cc3cc[nH]c(=O)c3cc2Cl)cc1. The van der Waals surface area contributed by atoms with E-state index in [2.05, 4.69) is 10.3 Å². The number of rotatable bonds is 3. The third-order valence-electron chi connectivity index (χ3n) is 3.84. The van der Waals surface area contributed by atoms with Crippen LogP contribution in [0.15, 0.2) is 53.5 Å². The molecule has 0 fully saturated rings. The van der Waals surface area contributed by atoms with Crippen molar-refractivity contribution in [1.82, 2.24) is 4.98 Å². The van der Waals surface area contributed by atoms with E-state index >= 15 is 0 Å². The maximum Gasteiger partial charge on any atom is 0.255 e. The van der Waals surface area contributed by atoms with Gasteiger partial charge in [-0.3, -0.25) is 9.59 Å². The highest BCUT2D eigenvalue weighted by atomic mass is 35.5. The minimum Gasteiger partial charge on any atom is -0.329 e. The molecule has 0 spiro atoms. The summed E-state index contributed by atoms with van der Waals surface area (Å²) in [7, 11) is 0. The number of fused-ring (bicyclic) bond motifs is 1. The molecule has 4 N–H and O–H groups in total. The standard InChI is InChI=1S/C18H16ClN3O2/c1-10-2-4-11(5-3-10)16(20)18(24)22-15-8-12-6-7-21-17(23)13(12)9-14(15)19/h2-9,16H,20H2,1H3,(H,21,23)(H,22,24). The molecule has 0 bridgehead atoms. The summed E-state index contributed by atoms with van der Waals surface area (Å²) >= 11 is 6.18. The van der Waals surface area contributed by atoms with E-state index in [9.17, 15) is 9.59 Å². The first kappa shape index (κ1) is 16.2. The van der Waals surface area contributed by atoms with Gasteiger partial charge in [-0.2, -0.15) is 0 Å². The van der Waals surface area contributed by atoms with Gasteiger partial charge in [0, 0.05) is 11.6 Å². The van der Waals surface area contributed by atoms with Crippen molar-refractivity contribution >= 4 is 34.0 Å². The molecule has 3 rings (SSSR count). The number of amides is 1. The van der Waals surface area contributed by atoms with Gasteiger partial charge in [-0.05, 0) is 36.1 Å². The van der Waals surface area contributed by atoms with Gasteiger partial charge in [0.15, 0.2) is 0 Å². The normalized spacial score (nSPS) is 12.1. The van der Waals surface area contributed by atoms with E-state index in [1.165, 1.54) is 6.07 Å². The van der Waals surface area contributed by atoms with Crippen molar-refractivity contribution in [3.8, 4) is 0 Å². The van der Waals surface area contributed by atoms with Gasteiger partial charge in [0.25, 0.3) is 5.56 Å². The highest BCUT2D eigenvalue weighted by molar-refractivity contribution is 6.34. The van der Waals surface area contributed by atoms with E-state index in [4.69, 9.17) is 17.3 Å². The Kier molecular flexibility index (Phi) is 4.38. The molecule has 0 saturated carbocycles. The van der Waals surface area contributed by atoms with Crippen LogP contribution in [0.3, 0.4) is 0 Å². The molecular formula is C18H16ClN3O2. The molecule has 24 heavy (non-hydrogen) atoms. The Morgan fingerprint density at radius 2 is 1.92 bits per heavy atom. The number of hydrogen-bond acceptors (Lipinski definition) is 3. The summed E-state index contributed by atoms with van der Waals surface area (Å²) in [5.41, 5.74) is 8.01. The summed E-state index contributed by atoms with van der Waals surface area (Å²) in [6.45, 7) is 1.96. The second-order valence-electron chi connectivity index (χ2n) is 5.60. The van der Waals surface area contributed by atoms with Crippen molar-refractivity contribution < 1.29 is 4.79 Å². The number of H-pyrrole nitrogens is 1. The Bertz CT molecular complexity index is 964. The van der Waals surface area contributed by atoms with Crippen LogP contribution in [0.25, 0.3) is 10.8 Å². The number of hydrogen-bond donors (Lipinski definition) is 3. The van der Waals surface area contributed by atoms with Crippen LogP contribution < -0.4 is 16.6 Å². The zero-order valence-electron chi connectivity index (χ0n) is 13.0. The van der Waals surface area contributed by atoms with Crippen LogP contribution in [-0.2, 0) is 4.79 Å². The number of benzene rings is 2. The molecule has 1 amide bonds. The van der Waals surface area contributed by atoms with E-state index in [-0.39, 0.29) is 16.5 Å². The number of anilines is 1. The van der Waals surface area contributed by atoms with Gasteiger partial charge < -0.3 is 16.0 Å². The Morgan fingerprint density at radius 1 is 1.21 bits per heavy atom. The van der Waals surface area contributed by atoms with Gasteiger partial charge in [-0.15, -0.1) is 0 Å². The molecule has 0 saturated heterocycles. The number of aryl methyl sites for hydroxylation is 1. The predicted octanol–water partition coefficient (Wildman–Crippen LogP) is 3.13. The van der Waals surface area contributed by atoms with E-state index in [1.54, 1.807) is 18.3 Å². The van der Waals surface area contributed by atoms with Crippen LogP contribution in [0.5, 0.6) is 0 Å². The second-order valence-corrected chi connectivity index (χ2v) is 6.01. The summed E-state index contributed by atoms with van der Waals surface area (Å²) in [6.07, 6.45) is 1.54. The van der Waals surface area contributed by atoms with Gasteiger partial charge in [0.05, 0.1) is 10.7 Å². The van der Waals surface area contributed by atoms with Gasteiger partial charge in [0.2, 0.25) is 5.91 Å². The zero-order chi connectivity index (χ0) is 17.3. The fraction of sp³-hybridized carbons (Fsp3) is 0.111. The summed E-state index contributed by atoms with van der Waals surface area (Å²) in [4.78, 5) is 26.7. The molecular weight excluding hydrogens is 326 g/mol. The molecule has 2 aromatic carbocycles. The van der Waals surface area contributed by atoms with Crippen molar-refractivity contribution in [2.45, 2.75) is 13.0 Å². The average Bonchev–Trinajstić information content (AvgIpc) is 2.56. The second kappa shape index (κ2) is 6.47. The first-order valence-electron chi connectivity index (χ1n) is 7.39. The van der Waals surface area contributed by atoms with Crippen molar-refractivity contribution in [3.63, 3.8) is 0 Å². The third-order valence-corrected chi connectivity index (χ3v) is 4.15. The monoisotopic (exact) mass is 341 g/mol. The maximum absolute atomic E-state index is 12.4. The van der Waals surface area contributed by atoms with E-state index in [0.717, 1.165) is 5.56 Å². The molecule has 0 aliphatic heterocycles. The van der Waals surface area contributed by atoms with E-state index < -0.39 is 6.04 Å². The number of pyridine rings is 1. The number of carbonyl (C=O) groups is 1. The summed E-state index contributed by atoms with van der Waals surface area (Å²) in [5.74, 6) is -0.370. The van der Waals surface area contributed by atoms with Gasteiger partial charge >= 0.3 is 0 Å². The number of nitrogens with two attached hydrogens (primary N) is 1. The molecule has 122 valence electrons. The van der Waals surface area contributed by atoms with Crippen molar-refractivity contribution in [3.05, 3.63) is 75.2 Å². The molecule has 6 heteroatoms. The lowest BCUT2D eigenvalue weighted by atomic mass is 10.1. The van der Waals surface area contributed by atoms with Crippen LogP contribution in [-0.4, -0.2) is 10.9 Å². The summed E-state index contributed by atoms with van der Waals surface area (Å²) in [6, 6.07) is 11.6. The molecule has 0 aliphatic rings. The molecule has 3 aromatic rings. The molecule has 5 nitrogen and oxygen atoms in total. The van der Waals surface area contributed by atoms with Crippen LogP contribution in [0, 0.1) is 6.92 Å². The topological polar surface area (TPSA) is 88.0 Å². The van der Waals surface area contributed by atoms with Crippen LogP contribution in [0.2, 0.25) is 5.02 Å². The Labute approximate surface area is 143 Å². The molecule has 1 aromatic heterocycles. The zero-order valence-corrected chi connectivity index (χ0v) is 13.7. The molecule has 0 aliphatic carbocycles. The number of halogens is 1. The summed E-state index contributed by atoms with van der Waals surface area (Å²) < 4.78 is 0. The predicted molar refractivity (Wildman–Crippen MR) is 96.3 cm³/mol. The fourth-order valence-electron chi connectivity index (χ4n) is 2.44. The Morgan fingerprint density at radius 3 is 2.62 bits per heavy atom. The molecule has 1 unspecified atom stereocenters. The lowest BCUT2D eigenvalue weighted by Crippen LogP contribution is -2.27. The number of nitrogens with one attached hydrogen (secondary N) is 2. The molecule has 1 heterocycles. The van der Waals surface area contributed by atoms with E-state index in [1.807, 2.05) is 31.2 Å². The van der Waals surface area contributed by atoms with Crippen LogP contribution in [0.4, 0.5) is 5.69 Å². The number of carbonyl (C=O) groups excluding carboxylic acids is 1. The first-order valence-corrected chi connectivity index (χ1v) is 7.77. The smallest absolute Gasteiger partial charge is 0.255 e. The quantitative estimate of drug-likeness (QED) is 0.684. The van der Waals surface area contributed by atoms with E-state index in [0.29, 0.717) is 22.0 Å². The van der Waals surface area contributed by atoms with Gasteiger partial charge in [-0.25, -0.2) is 0 Å². The minimum absolute atomic E-state index is 0.233. The molecule has 0 radical (unpaired) electrons.